The first-order chi connectivity index (χ1) is 25.8. The molecule has 4 heteroatoms. The Morgan fingerprint density at radius 2 is 1.02 bits per heavy atom. The van der Waals surface area contributed by atoms with Crippen molar-refractivity contribution >= 4 is 82.7 Å². The van der Waals surface area contributed by atoms with Gasteiger partial charge >= 0.3 is 0 Å². The highest BCUT2D eigenvalue weighted by atomic mass is 16.3. The number of furan rings is 2. The summed E-state index contributed by atoms with van der Waals surface area (Å²) in [4.78, 5) is 2.29. The molecule has 0 saturated carbocycles. The molecular weight excluding hydrogens is 637 g/mol. The zero-order valence-electron chi connectivity index (χ0n) is 28.0. The summed E-state index contributed by atoms with van der Waals surface area (Å²) in [6.45, 7) is 0. The van der Waals surface area contributed by atoms with Gasteiger partial charge in [-0.25, -0.2) is 0 Å². The molecule has 3 heterocycles. The minimum atomic E-state index is 0.814. The van der Waals surface area contributed by atoms with Crippen molar-refractivity contribution in [2.75, 3.05) is 4.90 Å². The second kappa shape index (κ2) is 11.2. The maximum Gasteiger partial charge on any atom is 0.161 e. The predicted molar refractivity (Wildman–Crippen MR) is 215 cm³/mol. The lowest BCUT2D eigenvalue weighted by atomic mass is 9.98. The number of aromatic nitrogens is 1. The lowest BCUT2D eigenvalue weighted by molar-refractivity contribution is 0.667. The highest BCUT2D eigenvalue weighted by molar-refractivity contribution is 6.19. The van der Waals surface area contributed by atoms with E-state index in [2.05, 4.69) is 179 Å². The van der Waals surface area contributed by atoms with Crippen molar-refractivity contribution in [3.63, 3.8) is 0 Å². The van der Waals surface area contributed by atoms with Crippen LogP contribution in [0.25, 0.3) is 82.5 Å². The maximum atomic E-state index is 7.04. The van der Waals surface area contributed by atoms with E-state index >= 15 is 0 Å². The fourth-order valence-electron chi connectivity index (χ4n) is 8.08. The molecule has 0 aliphatic rings. The number of nitrogens with zero attached hydrogens (tertiary/aromatic N) is 2. The molecule has 11 rings (SSSR count). The van der Waals surface area contributed by atoms with Gasteiger partial charge in [-0.3, -0.25) is 0 Å². The van der Waals surface area contributed by atoms with Crippen molar-refractivity contribution in [3.8, 4) is 16.8 Å². The van der Waals surface area contributed by atoms with Crippen LogP contribution in [0.4, 0.5) is 17.1 Å². The van der Waals surface area contributed by atoms with Gasteiger partial charge in [-0.15, -0.1) is 0 Å². The molecule has 0 aliphatic carbocycles. The first kappa shape index (κ1) is 28.8. The minimum absolute atomic E-state index is 0.814. The van der Waals surface area contributed by atoms with Crippen LogP contribution >= 0.6 is 0 Å². The number of hydrogen-bond donors (Lipinski definition) is 0. The molecule has 0 radical (unpaired) electrons. The molecule has 52 heavy (non-hydrogen) atoms. The zero-order chi connectivity index (χ0) is 34.2. The largest absolute Gasteiger partial charge is 0.454 e. The molecular formula is C48H30N2O2. The lowest BCUT2D eigenvalue weighted by Gasteiger charge is -2.26. The minimum Gasteiger partial charge on any atom is -0.454 e. The molecule has 11 aromatic rings. The summed E-state index contributed by atoms with van der Waals surface area (Å²) in [6, 6.07) is 64.1. The molecule has 0 unspecified atom stereocenters. The Hall–Kier alpha value is -7.04. The molecule has 0 fully saturated rings. The molecule has 0 amide bonds. The van der Waals surface area contributed by atoms with Gasteiger partial charge in [-0.1, -0.05) is 121 Å². The summed E-state index contributed by atoms with van der Waals surface area (Å²) in [7, 11) is 0. The van der Waals surface area contributed by atoms with E-state index in [0.29, 0.717) is 0 Å². The number of para-hydroxylation sites is 5. The van der Waals surface area contributed by atoms with E-state index in [9.17, 15) is 0 Å². The molecule has 0 spiro atoms. The topological polar surface area (TPSA) is 34.5 Å². The van der Waals surface area contributed by atoms with Crippen LogP contribution in [-0.4, -0.2) is 4.57 Å². The smallest absolute Gasteiger partial charge is 0.161 e. The summed E-state index contributed by atoms with van der Waals surface area (Å²) in [5.41, 5.74) is 11.9. The van der Waals surface area contributed by atoms with Gasteiger partial charge in [0.15, 0.2) is 16.7 Å². The Morgan fingerprint density at radius 1 is 0.404 bits per heavy atom. The van der Waals surface area contributed by atoms with E-state index in [1.807, 2.05) is 12.1 Å². The Kier molecular flexibility index (Phi) is 6.22. The highest BCUT2D eigenvalue weighted by Gasteiger charge is 2.26. The predicted octanol–water partition coefficient (Wildman–Crippen LogP) is 13.7. The quantitative estimate of drug-likeness (QED) is 0.183. The second-order valence-corrected chi connectivity index (χ2v) is 13.3. The fraction of sp³-hybridized carbons (Fsp3) is 0. The van der Waals surface area contributed by atoms with Crippen LogP contribution in [-0.2, 0) is 0 Å². The number of benzene rings is 8. The van der Waals surface area contributed by atoms with Crippen LogP contribution in [0.15, 0.2) is 191 Å². The van der Waals surface area contributed by atoms with Crippen LogP contribution < -0.4 is 4.90 Å². The average molecular weight is 667 g/mol. The highest BCUT2D eigenvalue weighted by Crippen LogP contribution is 2.48. The van der Waals surface area contributed by atoms with E-state index < -0.39 is 0 Å². The maximum absolute atomic E-state index is 7.04. The van der Waals surface area contributed by atoms with Gasteiger partial charge in [0.25, 0.3) is 0 Å². The monoisotopic (exact) mass is 666 g/mol. The summed E-state index contributed by atoms with van der Waals surface area (Å²) in [6.07, 6.45) is 0. The van der Waals surface area contributed by atoms with Gasteiger partial charge in [0.05, 0.1) is 16.9 Å². The number of fused-ring (bicyclic) bond motifs is 9. The summed E-state index contributed by atoms with van der Waals surface area (Å²) in [5, 5.41) is 6.75. The van der Waals surface area contributed by atoms with Crippen molar-refractivity contribution in [1.82, 2.24) is 4.57 Å². The normalized spacial score (nSPS) is 11.8. The van der Waals surface area contributed by atoms with Crippen LogP contribution in [0.1, 0.15) is 0 Å². The van der Waals surface area contributed by atoms with Gasteiger partial charge in [-0.05, 0) is 82.6 Å². The van der Waals surface area contributed by atoms with Crippen LogP contribution in [0, 0.1) is 0 Å². The van der Waals surface area contributed by atoms with Gasteiger partial charge in [-0.2, -0.15) is 0 Å². The molecule has 0 aliphatic heterocycles. The van der Waals surface area contributed by atoms with Crippen LogP contribution in [0.2, 0.25) is 0 Å². The standard InChI is InChI=1S/C48H30N2O2/c1-2-15-33(16-3-1)50-41-23-8-6-19-39(41)48-45(50)40-22-12-25-43(47(40)52-48)49(42-24-11-21-38-37-18-7-9-26-44(37)51-46(38)42)34-29-27-32(28-30-34)36-20-10-14-31-13-4-5-17-35(31)36/h1-30H. The van der Waals surface area contributed by atoms with Crippen LogP contribution in [0.5, 0.6) is 0 Å². The fourth-order valence-corrected chi connectivity index (χ4v) is 8.08. The van der Waals surface area contributed by atoms with E-state index in [0.717, 1.165) is 83.2 Å². The van der Waals surface area contributed by atoms with Crippen molar-refractivity contribution in [2.45, 2.75) is 0 Å². The average Bonchev–Trinajstić information content (AvgIpc) is 3.88. The summed E-state index contributed by atoms with van der Waals surface area (Å²) < 4.78 is 16.0. The Bertz CT molecular complexity index is 3120. The molecule has 0 bridgehead atoms. The molecule has 0 N–H and O–H groups in total. The van der Waals surface area contributed by atoms with Crippen molar-refractivity contribution in [3.05, 3.63) is 182 Å². The van der Waals surface area contributed by atoms with Gasteiger partial charge < -0.3 is 18.3 Å². The van der Waals surface area contributed by atoms with Gasteiger partial charge in [0, 0.05) is 32.9 Å². The zero-order valence-corrected chi connectivity index (χ0v) is 28.0. The van der Waals surface area contributed by atoms with Crippen molar-refractivity contribution in [1.29, 1.82) is 0 Å². The van der Waals surface area contributed by atoms with E-state index in [1.54, 1.807) is 0 Å². The molecule has 0 atom stereocenters. The third kappa shape index (κ3) is 4.21. The molecule has 3 aromatic heterocycles. The Labute approximate surface area is 299 Å². The van der Waals surface area contributed by atoms with Crippen LogP contribution in [0.3, 0.4) is 0 Å². The molecule has 244 valence electrons. The first-order valence-corrected chi connectivity index (χ1v) is 17.6. The van der Waals surface area contributed by atoms with Gasteiger partial charge in [0.2, 0.25) is 0 Å². The first-order valence-electron chi connectivity index (χ1n) is 17.6. The SMILES string of the molecule is c1ccc(-n2c3ccccc3c3oc4c(N(c5ccc(-c6cccc7ccccc67)cc5)c5cccc6c5oc5ccccc56)cccc4c32)cc1. The molecule has 4 nitrogen and oxygen atoms in total. The Balaban J connectivity index is 1.18. The molecule has 8 aromatic carbocycles. The third-order valence-corrected chi connectivity index (χ3v) is 10.4. The van der Waals surface area contributed by atoms with Crippen molar-refractivity contribution < 1.29 is 8.83 Å². The summed E-state index contributed by atoms with van der Waals surface area (Å²) >= 11 is 0. The second-order valence-electron chi connectivity index (χ2n) is 13.3. The summed E-state index contributed by atoms with van der Waals surface area (Å²) in [5.74, 6) is 0. The third-order valence-electron chi connectivity index (χ3n) is 10.4. The number of hydrogen-bond acceptors (Lipinski definition) is 3. The van der Waals surface area contributed by atoms with E-state index in [1.165, 1.54) is 16.3 Å². The van der Waals surface area contributed by atoms with Crippen molar-refractivity contribution in [2.24, 2.45) is 0 Å². The molecule has 0 saturated heterocycles. The van der Waals surface area contributed by atoms with Gasteiger partial charge in [0.1, 0.15) is 11.1 Å². The number of rotatable bonds is 5. The number of anilines is 3. The van der Waals surface area contributed by atoms with E-state index in [4.69, 9.17) is 8.83 Å². The lowest BCUT2D eigenvalue weighted by Crippen LogP contribution is -2.10. The Morgan fingerprint density at radius 3 is 1.85 bits per heavy atom. The van der Waals surface area contributed by atoms with E-state index in [-0.39, 0.29) is 0 Å².